The highest BCUT2D eigenvalue weighted by Crippen LogP contribution is 2.43. The van der Waals surface area contributed by atoms with E-state index in [0.717, 1.165) is 85.0 Å². The number of unbranched alkanes of at least 4 members (excludes halogenated alkanes) is 25. The summed E-state index contributed by atoms with van der Waals surface area (Å²) >= 11 is 0. The molecule has 43 nitrogen and oxygen atoms in total. The van der Waals surface area contributed by atoms with Crippen LogP contribution in [0.2, 0.25) is 0 Å². The number of hydrogen-bond donors (Lipinski definition) is 25. The lowest BCUT2D eigenvalue weighted by Gasteiger charge is -2.53. The molecule has 0 aromatic rings. The molecule has 34 atom stereocenters. The van der Waals surface area contributed by atoms with Crippen molar-refractivity contribution < 1.29 is 193 Å². The van der Waals surface area contributed by atoms with Gasteiger partial charge in [0, 0.05) is 40.0 Å². The summed E-state index contributed by atoms with van der Waals surface area (Å²) in [5.74, 6) is -14.5. The van der Waals surface area contributed by atoms with Crippen molar-refractivity contribution in [2.75, 3.05) is 46.2 Å². The molecule has 4 amide bonds. The fourth-order valence-electron chi connectivity index (χ4n) is 16.9. The Morgan fingerprint density at radius 3 is 1.20 bits per heavy atom. The Balaban J connectivity index is 1.30. The quantitative estimate of drug-likeness (QED) is 0.0205. The number of aliphatic carboxylic acids is 2. The second-order valence-corrected chi connectivity index (χ2v) is 34.2. The van der Waals surface area contributed by atoms with Crippen molar-refractivity contribution in [1.82, 2.24) is 21.3 Å². The minimum Gasteiger partial charge on any atom is -0.477 e. The summed E-state index contributed by atoms with van der Waals surface area (Å²) in [4.78, 5) is 79.6. The van der Waals surface area contributed by atoms with Crippen LogP contribution >= 0.6 is 0 Å². The van der Waals surface area contributed by atoms with Crippen LogP contribution < -0.4 is 21.3 Å². The van der Waals surface area contributed by atoms with Gasteiger partial charge in [-0.25, -0.2) is 9.59 Å². The van der Waals surface area contributed by atoms with Crippen LogP contribution in [0.4, 0.5) is 0 Å². The molecule has 0 unspecified atom stereocenters. The van der Waals surface area contributed by atoms with Gasteiger partial charge in [0.1, 0.15) is 134 Å². The maximum atomic E-state index is 14.0. The highest BCUT2D eigenvalue weighted by molar-refractivity contribution is 5.78. The smallest absolute Gasteiger partial charge is 0.364 e. The van der Waals surface area contributed by atoms with Gasteiger partial charge in [-0.15, -0.1) is 0 Å². The van der Waals surface area contributed by atoms with Crippen molar-refractivity contribution in [3.05, 3.63) is 12.2 Å². The molecular weight excluding hydrogens is 1690 g/mol. The van der Waals surface area contributed by atoms with Crippen molar-refractivity contribution in [1.29, 1.82) is 0 Å². The molecule has 0 aromatic carbocycles. The SMILES string of the molecule is CCCCCCCCCCCCC/C=C/[C@H](O)[C@@H](CO[C@@H]1O[C@@H](CO)[C@@H](O[C@@H]2O[C@@H](CO)[C@H](O[C@@H]3O[C@@H](CO)[C@H](O)[C@H](O[C@@H]4O[C@@H](CO)[C@H](O)[C@H](O[C@]5(C(=O)O)C[C@H](O)[C@H](NC(C)=O)[C@@H]([C@H](O)[C@H](O)CO)O5)[C@@H]4O)[C@@H]3NC(C)=O)[C@H](O[C@]3(C(=O)O)C[C@H](O)[C@H](NC(C)=O)[C@@H]([C@H](O)[C@H](O)CO)O3)[C@@H]2O)[C@H](O)[C@@H]1O)NC(=O)CCCCCCCCCCCCCCCCC. The number of ether oxygens (including phenoxy) is 12. The van der Waals surface area contributed by atoms with Crippen LogP contribution in [0.3, 0.4) is 0 Å². The molecule has 0 spiro atoms. The van der Waals surface area contributed by atoms with Crippen LogP contribution in [0, 0.1) is 0 Å². The van der Waals surface area contributed by atoms with Crippen molar-refractivity contribution >= 4 is 35.6 Å². The van der Waals surface area contributed by atoms with Crippen molar-refractivity contribution in [3.63, 3.8) is 0 Å². The zero-order chi connectivity index (χ0) is 93.8. The predicted molar refractivity (Wildman–Crippen MR) is 440 cm³/mol. The van der Waals surface area contributed by atoms with Crippen LogP contribution in [0.1, 0.15) is 227 Å². The average Bonchev–Trinajstić information content (AvgIpc) is 0.749. The number of nitrogens with one attached hydrogen (secondary N) is 4. The normalized spacial score (nSPS) is 35.1. The van der Waals surface area contributed by atoms with Gasteiger partial charge < -0.3 is 185 Å². The summed E-state index contributed by atoms with van der Waals surface area (Å²) in [6.07, 6.45) is -32.2. The van der Waals surface area contributed by atoms with Crippen LogP contribution in [0.25, 0.3) is 0 Å². The number of carbonyl (C=O) groups excluding carboxylic acids is 4. The fraction of sp³-hybridized carbons (Fsp3) is 0.905. The minimum atomic E-state index is -3.50. The van der Waals surface area contributed by atoms with Gasteiger partial charge in [-0.05, 0) is 19.3 Å². The Morgan fingerprint density at radius 2 is 0.772 bits per heavy atom. The molecule has 6 fully saturated rings. The largest absolute Gasteiger partial charge is 0.477 e. The first-order valence-corrected chi connectivity index (χ1v) is 45.2. The molecule has 0 aromatic heterocycles. The number of carbonyl (C=O) groups is 6. The van der Waals surface area contributed by atoms with Crippen molar-refractivity contribution in [2.45, 2.75) is 435 Å². The summed E-state index contributed by atoms with van der Waals surface area (Å²) in [5.41, 5.74) is 0. The lowest BCUT2D eigenvalue weighted by molar-refractivity contribution is -0.405. The first-order valence-electron chi connectivity index (χ1n) is 45.2. The van der Waals surface area contributed by atoms with Crippen LogP contribution in [-0.4, -0.2) is 396 Å². The highest BCUT2D eigenvalue weighted by Gasteiger charge is 2.64. The Kier molecular flexibility index (Phi) is 49.4. The van der Waals surface area contributed by atoms with E-state index in [1.54, 1.807) is 6.08 Å². The maximum absolute atomic E-state index is 14.0. The van der Waals surface area contributed by atoms with Crippen LogP contribution in [0.15, 0.2) is 12.2 Å². The molecule has 43 heteroatoms. The summed E-state index contributed by atoms with van der Waals surface area (Å²) in [6, 6.07) is -6.94. The van der Waals surface area contributed by atoms with E-state index >= 15 is 0 Å². The van der Waals surface area contributed by atoms with Gasteiger partial charge in [-0.2, -0.15) is 0 Å². The van der Waals surface area contributed by atoms with E-state index in [-0.39, 0.29) is 6.42 Å². The summed E-state index contributed by atoms with van der Waals surface area (Å²) in [5, 5.41) is 247. The van der Waals surface area contributed by atoms with Gasteiger partial charge >= 0.3 is 11.9 Å². The molecule has 127 heavy (non-hydrogen) atoms. The summed E-state index contributed by atoms with van der Waals surface area (Å²) in [6.45, 7) is -0.838. The summed E-state index contributed by atoms with van der Waals surface area (Å²) < 4.78 is 72.4. The van der Waals surface area contributed by atoms with Crippen LogP contribution in [0.5, 0.6) is 0 Å². The topological polar surface area (TPSA) is 686 Å². The van der Waals surface area contributed by atoms with Gasteiger partial charge in [-0.1, -0.05) is 180 Å². The van der Waals surface area contributed by atoms with Gasteiger partial charge in [0.25, 0.3) is 11.6 Å². The number of hydrogen-bond acceptors (Lipinski definition) is 37. The number of aliphatic hydroxyl groups excluding tert-OH is 19. The lowest BCUT2D eigenvalue weighted by atomic mass is 9.88. The molecule has 25 N–H and O–H groups in total. The molecule has 6 rings (SSSR count). The van der Waals surface area contributed by atoms with E-state index in [0.29, 0.717) is 12.8 Å². The number of rotatable bonds is 59. The lowest BCUT2D eigenvalue weighted by Crippen LogP contribution is -2.72. The Morgan fingerprint density at radius 1 is 0.409 bits per heavy atom. The first-order chi connectivity index (χ1) is 60.6. The molecule has 0 saturated carbocycles. The van der Waals surface area contributed by atoms with E-state index < -0.39 is 302 Å². The highest BCUT2D eigenvalue weighted by atomic mass is 16.8. The third-order valence-electron chi connectivity index (χ3n) is 24.1. The zero-order valence-electron chi connectivity index (χ0n) is 73.5. The minimum absolute atomic E-state index is 0.0952. The molecule has 0 bridgehead atoms. The van der Waals surface area contributed by atoms with Gasteiger partial charge in [0.15, 0.2) is 25.2 Å². The molecule has 6 saturated heterocycles. The van der Waals surface area contributed by atoms with Gasteiger partial charge in [0.2, 0.25) is 23.6 Å². The maximum Gasteiger partial charge on any atom is 0.364 e. The Bertz CT molecular complexity index is 3200. The molecule has 6 aliphatic rings. The number of carboxylic acid groups (broad SMARTS) is 2. The van der Waals surface area contributed by atoms with E-state index in [9.17, 15) is 136 Å². The van der Waals surface area contributed by atoms with E-state index in [4.69, 9.17) is 56.8 Å². The molecule has 0 radical (unpaired) electrons. The molecule has 738 valence electrons. The van der Waals surface area contributed by atoms with Crippen molar-refractivity contribution in [3.8, 4) is 0 Å². The number of amides is 4. The van der Waals surface area contributed by atoms with Gasteiger partial charge in [-0.3, -0.25) is 19.2 Å². The molecule has 6 heterocycles. The molecule has 0 aliphatic carbocycles. The van der Waals surface area contributed by atoms with E-state index in [2.05, 4.69) is 35.1 Å². The molecule has 6 aliphatic heterocycles. The third kappa shape index (κ3) is 32.6. The second-order valence-electron chi connectivity index (χ2n) is 34.2. The number of carboxylic acids is 2. The standard InChI is InChI=1S/C84H148N4O39/c1-6-8-10-12-14-16-18-20-21-23-25-27-29-31-33-35-58(103)88-48(49(98)34-32-30-28-26-24-22-19-17-15-13-11-9-7-2)44-116-78-67(109)66(108)70(56(42-93)119-78)121-80-69(111)76(127-84(82(114)115)37-51(100)60(86-46(4)96)74(125-84)63(105)53(102)39-90)71(57(43-94)120-80)122-77-61(87-47(5)97)72(64(106)54(40-91)117-77)123-79-68(110)75(65(107)55(41-92)118-79)126-83(81(112)113)36-50(99)59(85-45(3)95)73(124-83)62(104)52(101)38-89/h32,34,48-57,59-80,89-94,98-102,104-111H,6-31,33,35-44H2,1-5H3,(H,85,95)(H,86,96)(H,87,97)(H,88,103)(H,112,113)(H,114,115)/b34-32+/t48-,49+,50+,51+,52-,53-,54+,55+,56+,57+,59+,60+,61+,62-,63-,64+,65+,66-,67+,68+,69+,70-,71+,72-,73+,74+,75+,76-,77+,78-,79+,80+,83+,84+/m1/s1. The summed E-state index contributed by atoms with van der Waals surface area (Å²) in [7, 11) is 0. The van der Waals surface area contributed by atoms with Gasteiger partial charge in [0.05, 0.1) is 82.7 Å². The van der Waals surface area contributed by atoms with E-state index in [1.165, 1.54) is 102 Å². The number of aliphatic hydroxyl groups is 19. The van der Waals surface area contributed by atoms with Crippen LogP contribution in [-0.2, 0) is 85.6 Å². The molecular formula is C84H148N4O39. The van der Waals surface area contributed by atoms with E-state index in [1.807, 2.05) is 0 Å². The average molecular weight is 1840 g/mol. The predicted octanol–water partition coefficient (Wildman–Crippen LogP) is -3.87. The van der Waals surface area contributed by atoms with Crippen molar-refractivity contribution in [2.24, 2.45) is 0 Å². The zero-order valence-corrected chi connectivity index (χ0v) is 73.5. The monoisotopic (exact) mass is 1840 g/mol. The Hall–Kier alpha value is -4.68. The first kappa shape index (κ1) is 111. The second kappa shape index (κ2) is 56.5. The Labute approximate surface area is 740 Å². The fourth-order valence-corrected chi connectivity index (χ4v) is 16.9. The number of allylic oxidation sites excluding steroid dienone is 1. The third-order valence-corrected chi connectivity index (χ3v) is 24.1.